The number of hydrogen-bond donors (Lipinski definition) is 2. The second-order valence-corrected chi connectivity index (χ2v) is 5.32. The van der Waals surface area contributed by atoms with E-state index in [1.165, 1.54) is 18.2 Å². The highest BCUT2D eigenvalue weighted by molar-refractivity contribution is 5.85. The fraction of sp³-hybridized carbons (Fsp3) is 0. The zero-order valence-electron chi connectivity index (χ0n) is 13.8. The van der Waals surface area contributed by atoms with Crippen molar-refractivity contribution in [3.05, 3.63) is 81.8 Å². The number of H-pyrrole nitrogens is 2. The van der Waals surface area contributed by atoms with E-state index in [2.05, 4.69) is 18.8 Å². The zero-order chi connectivity index (χ0) is 21.3. The molecule has 0 aliphatic carbocycles. The normalized spacial score (nSPS) is 10.5. The maximum atomic E-state index is 10.8. The van der Waals surface area contributed by atoms with Crippen molar-refractivity contribution in [3.8, 4) is 0 Å². The standard InChI is InChI=1S/C7H3N3O6.C7H4N2O4/c11-7-8-6-4(10(14)15)1-3(9(12)13)2-5(6)16-7;10-7-8-5-2-1-4(9(11)12)3-6(5)13-7/h1-2H,(H,8,11);1-3H,(H,8,10). The number of hydrogen-bond acceptors (Lipinski definition) is 10. The van der Waals surface area contributed by atoms with Crippen molar-refractivity contribution in [2.45, 2.75) is 0 Å². The lowest BCUT2D eigenvalue weighted by atomic mass is 10.2. The molecule has 29 heavy (non-hydrogen) atoms. The molecule has 0 saturated heterocycles. The van der Waals surface area contributed by atoms with Crippen molar-refractivity contribution in [1.29, 1.82) is 0 Å². The molecule has 2 heterocycles. The van der Waals surface area contributed by atoms with Crippen molar-refractivity contribution >= 4 is 39.3 Å². The molecule has 4 rings (SSSR count). The average Bonchev–Trinajstić information content (AvgIpc) is 3.20. The summed E-state index contributed by atoms with van der Waals surface area (Å²) in [5.74, 6) is -1.52. The van der Waals surface area contributed by atoms with Crippen LogP contribution in [-0.4, -0.2) is 24.7 Å². The Morgan fingerprint density at radius 1 is 0.724 bits per heavy atom. The van der Waals surface area contributed by atoms with Crippen LogP contribution in [0.1, 0.15) is 0 Å². The van der Waals surface area contributed by atoms with Gasteiger partial charge in [0, 0.05) is 6.07 Å². The topological polar surface area (TPSA) is 221 Å². The predicted octanol–water partition coefficient (Wildman–Crippen LogP) is 1.97. The number of benzene rings is 2. The van der Waals surface area contributed by atoms with Gasteiger partial charge in [-0.1, -0.05) is 0 Å². The van der Waals surface area contributed by atoms with Crippen LogP contribution in [0.15, 0.2) is 48.8 Å². The first-order valence-electron chi connectivity index (χ1n) is 7.38. The molecular formula is C14H7N5O10. The average molecular weight is 405 g/mol. The predicted molar refractivity (Wildman–Crippen MR) is 93.6 cm³/mol. The molecule has 0 fully saturated rings. The minimum atomic E-state index is -0.904. The largest absolute Gasteiger partial charge is 0.417 e. The Bertz CT molecular complexity index is 1390. The van der Waals surface area contributed by atoms with Gasteiger partial charge in [0.1, 0.15) is 0 Å². The molecule has 0 aliphatic rings. The quantitative estimate of drug-likeness (QED) is 0.372. The smallest absolute Gasteiger partial charge is 0.408 e. The first kappa shape index (κ1) is 19.0. The number of aromatic amines is 2. The van der Waals surface area contributed by atoms with Gasteiger partial charge in [-0.3, -0.25) is 40.3 Å². The van der Waals surface area contributed by atoms with Gasteiger partial charge in [0.15, 0.2) is 16.7 Å². The molecule has 0 bridgehead atoms. The van der Waals surface area contributed by atoms with E-state index in [4.69, 9.17) is 0 Å². The van der Waals surface area contributed by atoms with Crippen molar-refractivity contribution in [3.63, 3.8) is 0 Å². The van der Waals surface area contributed by atoms with Gasteiger partial charge in [-0.2, -0.15) is 0 Å². The molecular weight excluding hydrogens is 398 g/mol. The highest BCUT2D eigenvalue weighted by Crippen LogP contribution is 2.28. The summed E-state index contributed by atoms with van der Waals surface area (Å²) in [6, 6.07) is 5.63. The summed E-state index contributed by atoms with van der Waals surface area (Å²) in [4.78, 5) is 55.2. The Kier molecular flexibility index (Phi) is 4.62. The van der Waals surface area contributed by atoms with Crippen LogP contribution in [0.3, 0.4) is 0 Å². The molecule has 2 N–H and O–H groups in total. The minimum absolute atomic E-state index is 0.102. The van der Waals surface area contributed by atoms with E-state index in [0.717, 1.165) is 12.1 Å². The third kappa shape index (κ3) is 3.82. The molecule has 15 heteroatoms. The lowest BCUT2D eigenvalue weighted by Gasteiger charge is -1.93. The summed E-state index contributed by atoms with van der Waals surface area (Å²) in [5, 5.41) is 31.4. The molecule has 0 atom stereocenters. The minimum Gasteiger partial charge on any atom is -0.408 e. The van der Waals surface area contributed by atoms with E-state index in [1.807, 2.05) is 0 Å². The van der Waals surface area contributed by atoms with Crippen LogP contribution < -0.4 is 11.5 Å². The van der Waals surface area contributed by atoms with E-state index < -0.39 is 37.7 Å². The molecule has 0 saturated carbocycles. The van der Waals surface area contributed by atoms with Crippen LogP contribution in [0.2, 0.25) is 0 Å². The van der Waals surface area contributed by atoms with Gasteiger partial charge < -0.3 is 8.83 Å². The molecule has 0 amide bonds. The molecule has 15 nitrogen and oxygen atoms in total. The summed E-state index contributed by atoms with van der Waals surface area (Å²) in [6.45, 7) is 0. The number of nitro benzene ring substituents is 3. The van der Waals surface area contributed by atoms with Gasteiger partial charge in [-0.15, -0.1) is 0 Å². The summed E-state index contributed by atoms with van der Waals surface area (Å²) >= 11 is 0. The van der Waals surface area contributed by atoms with Crippen LogP contribution in [0.25, 0.3) is 22.2 Å². The summed E-state index contributed by atoms with van der Waals surface area (Å²) < 4.78 is 9.17. The van der Waals surface area contributed by atoms with Gasteiger partial charge in [0.25, 0.3) is 11.4 Å². The fourth-order valence-corrected chi connectivity index (χ4v) is 2.32. The lowest BCUT2D eigenvalue weighted by Crippen LogP contribution is -1.96. The zero-order valence-corrected chi connectivity index (χ0v) is 13.8. The van der Waals surface area contributed by atoms with Crippen molar-refractivity contribution in [2.75, 3.05) is 0 Å². The second-order valence-electron chi connectivity index (χ2n) is 5.32. The van der Waals surface area contributed by atoms with E-state index in [0.29, 0.717) is 5.52 Å². The van der Waals surface area contributed by atoms with Crippen molar-refractivity contribution in [2.24, 2.45) is 0 Å². The Balaban J connectivity index is 0.000000169. The number of fused-ring (bicyclic) bond motifs is 2. The van der Waals surface area contributed by atoms with E-state index >= 15 is 0 Å². The number of nitrogens with zero attached hydrogens (tertiary/aromatic N) is 3. The monoisotopic (exact) mass is 405 g/mol. The van der Waals surface area contributed by atoms with E-state index in [9.17, 15) is 39.9 Å². The Morgan fingerprint density at radius 3 is 1.93 bits per heavy atom. The van der Waals surface area contributed by atoms with E-state index in [-0.39, 0.29) is 22.4 Å². The maximum Gasteiger partial charge on any atom is 0.417 e. The van der Waals surface area contributed by atoms with Crippen LogP contribution >= 0.6 is 0 Å². The first-order valence-corrected chi connectivity index (χ1v) is 7.38. The van der Waals surface area contributed by atoms with E-state index in [1.54, 1.807) is 0 Å². The van der Waals surface area contributed by atoms with Crippen LogP contribution in [-0.2, 0) is 0 Å². The van der Waals surface area contributed by atoms with Gasteiger partial charge >= 0.3 is 17.2 Å². The molecule has 2 aromatic heterocycles. The molecule has 0 radical (unpaired) electrons. The van der Waals surface area contributed by atoms with Crippen LogP contribution in [0.5, 0.6) is 0 Å². The molecule has 0 aliphatic heterocycles. The van der Waals surface area contributed by atoms with Crippen LogP contribution in [0, 0.1) is 30.3 Å². The number of rotatable bonds is 3. The highest BCUT2D eigenvalue weighted by atomic mass is 16.6. The SMILES string of the molecule is O=c1[nH]c2c([N+](=O)[O-])cc([N+](=O)[O-])cc2o1.O=c1[nH]c2ccc([N+](=O)[O-])cc2o1. The molecule has 0 unspecified atom stereocenters. The van der Waals surface area contributed by atoms with Gasteiger partial charge in [0.2, 0.25) is 0 Å². The van der Waals surface area contributed by atoms with Gasteiger partial charge in [-0.05, 0) is 6.07 Å². The number of non-ortho nitro benzene ring substituents is 3. The third-order valence-electron chi connectivity index (χ3n) is 3.52. The molecule has 2 aromatic carbocycles. The number of nitro groups is 3. The summed E-state index contributed by atoms with van der Waals surface area (Å²) in [6.07, 6.45) is 0. The van der Waals surface area contributed by atoms with Gasteiger partial charge in [-0.25, -0.2) is 9.59 Å². The number of aromatic nitrogens is 2. The Hall–Kier alpha value is -4.82. The van der Waals surface area contributed by atoms with Crippen LogP contribution in [0.4, 0.5) is 17.1 Å². The maximum absolute atomic E-state index is 10.8. The summed E-state index contributed by atoms with van der Waals surface area (Å²) in [5.41, 5.74) is -0.923. The van der Waals surface area contributed by atoms with Crippen molar-refractivity contribution < 1.29 is 23.6 Å². The third-order valence-corrected chi connectivity index (χ3v) is 3.52. The number of oxazole rings is 2. The fourth-order valence-electron chi connectivity index (χ4n) is 2.32. The number of nitrogens with one attached hydrogen (secondary N) is 2. The first-order chi connectivity index (χ1) is 13.7. The summed E-state index contributed by atoms with van der Waals surface area (Å²) in [7, 11) is 0. The second kappa shape index (κ2) is 7.06. The Morgan fingerprint density at radius 2 is 1.31 bits per heavy atom. The lowest BCUT2D eigenvalue weighted by molar-refractivity contribution is -0.393. The Labute approximate surface area is 155 Å². The molecule has 148 valence electrons. The van der Waals surface area contributed by atoms with Crippen molar-refractivity contribution in [1.82, 2.24) is 9.97 Å². The highest BCUT2D eigenvalue weighted by Gasteiger charge is 2.22. The molecule has 4 aromatic rings. The molecule has 0 spiro atoms. The van der Waals surface area contributed by atoms with Gasteiger partial charge in [0.05, 0.1) is 38.5 Å².